The Balaban J connectivity index is 0.00000161. The monoisotopic (exact) mass is 346 g/mol. The van der Waals surface area contributed by atoms with Crippen molar-refractivity contribution in [2.45, 2.75) is 10.7 Å². The highest BCUT2D eigenvalue weighted by atomic mass is 35.5. The smallest absolute Gasteiger partial charge is 0.254 e. The number of hydrogen-bond acceptors (Lipinski definition) is 5. The number of anilines is 1. The standard InChI is InChI=1S/C14H18N2O2S2.ClH/c17-13(12-9-15-4-5-18-12)16-11-3-1-2-10(8-11)14-19-6-7-20-14;/h1-3,8,12,14-15H,4-7,9H2,(H,16,17);1H. The first-order valence-corrected chi connectivity index (χ1v) is 8.89. The summed E-state index contributed by atoms with van der Waals surface area (Å²) in [5, 5.41) is 6.12. The minimum Gasteiger partial charge on any atom is -0.366 e. The van der Waals surface area contributed by atoms with Crippen molar-refractivity contribution < 1.29 is 9.53 Å². The Kier molecular flexibility index (Phi) is 6.70. The van der Waals surface area contributed by atoms with Crippen LogP contribution in [0, 0.1) is 0 Å². The fourth-order valence-corrected chi connectivity index (χ4v) is 5.11. The van der Waals surface area contributed by atoms with E-state index < -0.39 is 0 Å². The number of carbonyl (C=O) groups is 1. The molecular formula is C14H19ClN2O2S2. The molecule has 0 spiro atoms. The van der Waals surface area contributed by atoms with Gasteiger partial charge in [-0.25, -0.2) is 0 Å². The maximum atomic E-state index is 12.1. The molecule has 1 atom stereocenters. The third-order valence-corrected chi connectivity index (χ3v) is 6.37. The van der Waals surface area contributed by atoms with Crippen molar-refractivity contribution in [3.05, 3.63) is 29.8 Å². The minimum atomic E-state index is -0.386. The van der Waals surface area contributed by atoms with E-state index in [9.17, 15) is 4.79 Å². The van der Waals surface area contributed by atoms with Gasteiger partial charge in [-0.05, 0) is 17.7 Å². The molecule has 1 aromatic rings. The van der Waals surface area contributed by atoms with Crippen molar-refractivity contribution in [1.82, 2.24) is 5.32 Å². The van der Waals surface area contributed by atoms with Gasteiger partial charge in [0.1, 0.15) is 6.10 Å². The molecule has 21 heavy (non-hydrogen) atoms. The van der Waals surface area contributed by atoms with Gasteiger partial charge in [0.15, 0.2) is 0 Å². The topological polar surface area (TPSA) is 50.4 Å². The number of carbonyl (C=O) groups excluding carboxylic acids is 1. The van der Waals surface area contributed by atoms with Crippen LogP contribution >= 0.6 is 35.9 Å². The Bertz CT molecular complexity index is 478. The highest BCUT2D eigenvalue weighted by Gasteiger charge is 2.22. The lowest BCUT2D eigenvalue weighted by atomic mass is 10.2. The summed E-state index contributed by atoms with van der Waals surface area (Å²) in [6.07, 6.45) is -0.386. The molecule has 2 fully saturated rings. The van der Waals surface area contributed by atoms with Gasteiger partial charge < -0.3 is 15.4 Å². The largest absolute Gasteiger partial charge is 0.366 e. The first-order valence-electron chi connectivity index (χ1n) is 6.79. The molecule has 1 amide bonds. The average molecular weight is 347 g/mol. The zero-order valence-corrected chi connectivity index (χ0v) is 14.0. The molecule has 2 N–H and O–H groups in total. The Hall–Kier alpha value is -0.400. The van der Waals surface area contributed by atoms with Crippen LogP contribution in [0.2, 0.25) is 0 Å². The van der Waals surface area contributed by atoms with E-state index in [1.54, 1.807) is 0 Å². The van der Waals surface area contributed by atoms with Gasteiger partial charge in [0.2, 0.25) is 0 Å². The van der Waals surface area contributed by atoms with Crippen molar-refractivity contribution in [1.29, 1.82) is 0 Å². The SMILES string of the molecule is Cl.O=C(Nc1cccc(C2SCCS2)c1)C1CNCCO1. The van der Waals surface area contributed by atoms with Crippen LogP contribution in [0.3, 0.4) is 0 Å². The van der Waals surface area contributed by atoms with Crippen molar-refractivity contribution in [2.24, 2.45) is 0 Å². The van der Waals surface area contributed by atoms with Crippen LogP contribution in [-0.4, -0.2) is 43.2 Å². The third kappa shape index (κ3) is 4.53. The second-order valence-electron chi connectivity index (χ2n) is 4.75. The fraction of sp³-hybridized carbons (Fsp3) is 0.500. The predicted molar refractivity (Wildman–Crippen MR) is 92.6 cm³/mol. The summed E-state index contributed by atoms with van der Waals surface area (Å²) in [7, 11) is 0. The van der Waals surface area contributed by atoms with Gasteiger partial charge in [-0.15, -0.1) is 35.9 Å². The van der Waals surface area contributed by atoms with Crippen LogP contribution in [0.1, 0.15) is 10.1 Å². The number of ether oxygens (including phenoxy) is 1. The summed E-state index contributed by atoms with van der Waals surface area (Å²) in [6, 6.07) is 8.14. The van der Waals surface area contributed by atoms with Crippen molar-refractivity contribution >= 4 is 47.5 Å². The number of thioether (sulfide) groups is 2. The molecule has 1 unspecified atom stereocenters. The average Bonchev–Trinajstić information content (AvgIpc) is 3.03. The molecule has 2 heterocycles. The number of benzene rings is 1. The number of hydrogen-bond donors (Lipinski definition) is 2. The van der Waals surface area contributed by atoms with Gasteiger partial charge in [0.25, 0.3) is 5.91 Å². The number of morpholine rings is 1. The first kappa shape index (κ1) is 17.0. The van der Waals surface area contributed by atoms with E-state index in [4.69, 9.17) is 4.74 Å². The molecule has 2 saturated heterocycles. The Morgan fingerprint density at radius 1 is 1.33 bits per heavy atom. The van der Waals surface area contributed by atoms with E-state index in [0.29, 0.717) is 17.7 Å². The van der Waals surface area contributed by atoms with Gasteiger partial charge in [0, 0.05) is 30.3 Å². The Morgan fingerprint density at radius 2 is 2.14 bits per heavy atom. The summed E-state index contributed by atoms with van der Waals surface area (Å²) >= 11 is 3.93. The van der Waals surface area contributed by atoms with Crippen LogP contribution in [-0.2, 0) is 9.53 Å². The lowest BCUT2D eigenvalue weighted by Gasteiger charge is -2.22. The molecule has 0 aliphatic carbocycles. The zero-order chi connectivity index (χ0) is 13.8. The molecular weight excluding hydrogens is 328 g/mol. The molecule has 0 radical (unpaired) electrons. The molecule has 4 nitrogen and oxygen atoms in total. The van der Waals surface area contributed by atoms with Crippen molar-refractivity contribution in [3.63, 3.8) is 0 Å². The Labute approximate surface area is 139 Å². The van der Waals surface area contributed by atoms with E-state index in [0.717, 1.165) is 12.2 Å². The second-order valence-corrected chi connectivity index (χ2v) is 7.48. The maximum absolute atomic E-state index is 12.1. The van der Waals surface area contributed by atoms with Gasteiger partial charge >= 0.3 is 0 Å². The molecule has 3 rings (SSSR count). The van der Waals surface area contributed by atoms with Crippen molar-refractivity contribution in [2.75, 3.05) is 36.5 Å². The van der Waals surface area contributed by atoms with Crippen LogP contribution in [0.4, 0.5) is 5.69 Å². The zero-order valence-electron chi connectivity index (χ0n) is 11.5. The van der Waals surface area contributed by atoms with Crippen LogP contribution in [0.5, 0.6) is 0 Å². The van der Waals surface area contributed by atoms with E-state index >= 15 is 0 Å². The van der Waals surface area contributed by atoms with E-state index in [1.807, 2.05) is 35.7 Å². The summed E-state index contributed by atoms with van der Waals surface area (Å²) < 4.78 is 5.96. The number of amides is 1. The van der Waals surface area contributed by atoms with Gasteiger partial charge in [-0.1, -0.05) is 12.1 Å². The molecule has 116 valence electrons. The van der Waals surface area contributed by atoms with E-state index in [1.165, 1.54) is 17.1 Å². The van der Waals surface area contributed by atoms with E-state index in [-0.39, 0.29) is 24.4 Å². The fourth-order valence-electron chi connectivity index (χ4n) is 2.27. The van der Waals surface area contributed by atoms with Gasteiger partial charge in [-0.3, -0.25) is 4.79 Å². The molecule has 2 aliphatic rings. The van der Waals surface area contributed by atoms with Gasteiger partial charge in [-0.2, -0.15) is 0 Å². The summed E-state index contributed by atoms with van der Waals surface area (Å²) in [6.45, 7) is 1.99. The normalized spacial score (nSPS) is 22.6. The quantitative estimate of drug-likeness (QED) is 0.880. The maximum Gasteiger partial charge on any atom is 0.254 e. The molecule has 1 aromatic carbocycles. The number of rotatable bonds is 3. The summed E-state index contributed by atoms with van der Waals surface area (Å²) in [4.78, 5) is 12.1. The Morgan fingerprint density at radius 3 is 2.86 bits per heavy atom. The molecule has 0 aromatic heterocycles. The lowest BCUT2D eigenvalue weighted by Crippen LogP contribution is -2.45. The van der Waals surface area contributed by atoms with Crippen LogP contribution in [0.15, 0.2) is 24.3 Å². The highest BCUT2D eigenvalue weighted by molar-refractivity contribution is 8.19. The summed E-state index contributed by atoms with van der Waals surface area (Å²) in [5.74, 6) is 2.34. The first-order chi connectivity index (χ1) is 9.83. The van der Waals surface area contributed by atoms with Gasteiger partial charge in [0.05, 0.1) is 11.2 Å². The molecule has 0 bridgehead atoms. The minimum absolute atomic E-state index is 0. The predicted octanol–water partition coefficient (Wildman–Crippen LogP) is 2.51. The van der Waals surface area contributed by atoms with Crippen LogP contribution < -0.4 is 10.6 Å². The molecule has 0 saturated carbocycles. The molecule has 7 heteroatoms. The second kappa shape index (κ2) is 8.29. The number of halogens is 1. The van der Waals surface area contributed by atoms with Crippen LogP contribution in [0.25, 0.3) is 0 Å². The van der Waals surface area contributed by atoms with Crippen molar-refractivity contribution in [3.8, 4) is 0 Å². The molecule has 2 aliphatic heterocycles. The lowest BCUT2D eigenvalue weighted by molar-refractivity contribution is -0.128. The summed E-state index contributed by atoms with van der Waals surface area (Å²) in [5.41, 5.74) is 2.13. The number of nitrogens with one attached hydrogen (secondary N) is 2. The van der Waals surface area contributed by atoms with E-state index in [2.05, 4.69) is 22.8 Å². The third-order valence-electron chi connectivity index (χ3n) is 3.27. The highest BCUT2D eigenvalue weighted by Crippen LogP contribution is 2.45.